The van der Waals surface area contributed by atoms with E-state index in [1.165, 1.54) is 20.3 Å². The lowest BCUT2D eigenvalue weighted by Gasteiger charge is -2.31. The number of carbonyl (C=O) groups excluding carboxylic acids is 3. The smallest absolute Gasteiger partial charge is 0.255 e. The topological polar surface area (TPSA) is 111 Å². The van der Waals surface area contributed by atoms with E-state index in [4.69, 9.17) is 26.8 Å². The van der Waals surface area contributed by atoms with Crippen LogP contribution >= 0.6 is 11.6 Å². The molecular weight excluding hydrogens is 446 g/mol. The van der Waals surface area contributed by atoms with Crippen molar-refractivity contribution in [2.75, 3.05) is 32.6 Å². The van der Waals surface area contributed by atoms with Crippen LogP contribution < -0.4 is 20.5 Å². The maximum atomic E-state index is 13.0. The molecule has 0 saturated carbocycles. The molecule has 3 N–H and O–H groups in total. The second-order valence-electron chi connectivity index (χ2n) is 7.58. The maximum absolute atomic E-state index is 13.0. The van der Waals surface area contributed by atoms with Crippen LogP contribution in [0.4, 0.5) is 5.69 Å². The summed E-state index contributed by atoms with van der Waals surface area (Å²) >= 11 is 6.21. The highest BCUT2D eigenvalue weighted by Crippen LogP contribution is 2.36. The monoisotopic (exact) mass is 471 g/mol. The van der Waals surface area contributed by atoms with E-state index in [0.29, 0.717) is 59.3 Å². The lowest BCUT2D eigenvalue weighted by molar-refractivity contribution is -0.123. The van der Waals surface area contributed by atoms with Crippen molar-refractivity contribution in [2.45, 2.75) is 12.8 Å². The zero-order chi connectivity index (χ0) is 24.0. The lowest BCUT2D eigenvalue weighted by atomic mass is 9.95. The fourth-order valence-corrected chi connectivity index (χ4v) is 3.99. The van der Waals surface area contributed by atoms with Gasteiger partial charge in [0.1, 0.15) is 0 Å². The van der Waals surface area contributed by atoms with E-state index in [1.807, 2.05) is 0 Å². The molecule has 0 radical (unpaired) electrons. The van der Waals surface area contributed by atoms with Gasteiger partial charge in [-0.05, 0) is 48.7 Å². The molecule has 1 aliphatic rings. The van der Waals surface area contributed by atoms with E-state index < -0.39 is 5.91 Å². The third kappa shape index (κ3) is 5.84. The number of nitrogens with two attached hydrogens (primary N) is 1. The van der Waals surface area contributed by atoms with Crippen LogP contribution in [0.15, 0.2) is 42.5 Å². The quantitative estimate of drug-likeness (QED) is 0.601. The minimum Gasteiger partial charge on any atom is -0.493 e. The zero-order valence-electron chi connectivity index (χ0n) is 18.5. The normalized spacial score (nSPS) is 14.2. The van der Waals surface area contributed by atoms with Crippen LogP contribution in [0.3, 0.4) is 0 Å². The summed E-state index contributed by atoms with van der Waals surface area (Å²) in [7, 11) is 2.99. The summed E-state index contributed by atoms with van der Waals surface area (Å²) in [5.74, 6) is -0.302. The van der Waals surface area contributed by atoms with Crippen molar-refractivity contribution in [1.82, 2.24) is 4.90 Å². The van der Waals surface area contributed by atoms with Crippen molar-refractivity contribution in [3.05, 3.63) is 58.6 Å². The molecule has 2 aromatic rings. The molecule has 3 rings (SSSR count). The molecule has 174 valence electrons. The van der Waals surface area contributed by atoms with Gasteiger partial charge in [-0.2, -0.15) is 0 Å². The Labute approximate surface area is 197 Å². The van der Waals surface area contributed by atoms with Gasteiger partial charge in [-0.1, -0.05) is 23.7 Å². The zero-order valence-corrected chi connectivity index (χ0v) is 19.2. The van der Waals surface area contributed by atoms with Gasteiger partial charge < -0.3 is 25.4 Å². The Bertz CT molecular complexity index is 1080. The van der Waals surface area contributed by atoms with Crippen molar-refractivity contribution in [2.24, 2.45) is 11.7 Å². The lowest BCUT2D eigenvalue weighted by Crippen LogP contribution is -2.42. The molecular formula is C24H26ClN3O5. The van der Waals surface area contributed by atoms with Crippen LogP contribution in [0.5, 0.6) is 11.5 Å². The largest absolute Gasteiger partial charge is 0.493 e. The molecule has 1 fully saturated rings. The van der Waals surface area contributed by atoms with Crippen molar-refractivity contribution >= 4 is 41.1 Å². The van der Waals surface area contributed by atoms with E-state index in [-0.39, 0.29) is 17.7 Å². The van der Waals surface area contributed by atoms with Gasteiger partial charge in [0.2, 0.25) is 11.8 Å². The summed E-state index contributed by atoms with van der Waals surface area (Å²) in [6.07, 6.45) is 4.00. The molecule has 2 aromatic carbocycles. The minimum absolute atomic E-state index is 0.204. The number of nitrogens with one attached hydrogen (secondary N) is 1. The molecule has 0 aromatic heterocycles. The number of para-hydroxylation sites is 1. The Morgan fingerprint density at radius 2 is 1.82 bits per heavy atom. The maximum Gasteiger partial charge on any atom is 0.255 e. The second-order valence-corrected chi connectivity index (χ2v) is 7.98. The van der Waals surface area contributed by atoms with E-state index in [9.17, 15) is 14.4 Å². The van der Waals surface area contributed by atoms with Crippen LogP contribution in [0.1, 0.15) is 28.8 Å². The van der Waals surface area contributed by atoms with Crippen LogP contribution in [0.25, 0.3) is 6.08 Å². The van der Waals surface area contributed by atoms with E-state index >= 15 is 0 Å². The number of hydrogen-bond donors (Lipinski definition) is 2. The fourth-order valence-electron chi connectivity index (χ4n) is 3.70. The van der Waals surface area contributed by atoms with Crippen molar-refractivity contribution in [3.63, 3.8) is 0 Å². The van der Waals surface area contributed by atoms with Crippen LogP contribution in [-0.2, 0) is 9.59 Å². The van der Waals surface area contributed by atoms with E-state index in [0.717, 1.165) is 0 Å². The highest BCUT2D eigenvalue weighted by atomic mass is 35.5. The predicted octanol–water partition coefficient (Wildman–Crippen LogP) is 3.35. The number of methoxy groups -OCH3 is 2. The molecule has 0 spiro atoms. The summed E-state index contributed by atoms with van der Waals surface area (Å²) in [5, 5.41) is 3.11. The molecule has 8 nitrogen and oxygen atoms in total. The van der Waals surface area contributed by atoms with Gasteiger partial charge in [-0.25, -0.2) is 0 Å². The second kappa shape index (κ2) is 10.9. The van der Waals surface area contributed by atoms with Gasteiger partial charge in [0.05, 0.1) is 30.5 Å². The first kappa shape index (κ1) is 24.1. The molecule has 33 heavy (non-hydrogen) atoms. The number of halogens is 1. The van der Waals surface area contributed by atoms with Gasteiger partial charge >= 0.3 is 0 Å². The summed E-state index contributed by atoms with van der Waals surface area (Å²) in [6.45, 7) is 0.878. The number of likely N-dealkylation sites (tertiary alicyclic amines) is 1. The Balaban J connectivity index is 1.71. The summed E-state index contributed by atoms with van der Waals surface area (Å²) < 4.78 is 10.5. The summed E-state index contributed by atoms with van der Waals surface area (Å²) in [4.78, 5) is 38.6. The van der Waals surface area contributed by atoms with E-state index in [2.05, 4.69) is 5.32 Å². The SMILES string of the molecule is COc1cc(C=CC(=O)Nc2ccccc2C(=O)N2CCC(C(N)=O)CC2)cc(Cl)c1OC. The Hall–Kier alpha value is -3.52. The average molecular weight is 472 g/mol. The first-order valence-corrected chi connectivity index (χ1v) is 10.8. The number of hydrogen-bond acceptors (Lipinski definition) is 5. The van der Waals surface area contributed by atoms with Crippen molar-refractivity contribution in [1.29, 1.82) is 0 Å². The number of piperidine rings is 1. The number of rotatable bonds is 7. The third-order valence-electron chi connectivity index (χ3n) is 5.48. The molecule has 9 heteroatoms. The van der Waals surface area contributed by atoms with Gasteiger partial charge in [-0.15, -0.1) is 0 Å². The van der Waals surface area contributed by atoms with Crippen molar-refractivity contribution < 1.29 is 23.9 Å². The predicted molar refractivity (Wildman–Crippen MR) is 126 cm³/mol. The standard InChI is InChI=1S/C24H26ClN3O5/c1-32-20-14-15(13-18(25)22(20)33-2)7-8-21(29)27-19-6-4-3-5-17(19)24(31)28-11-9-16(10-12-28)23(26)30/h3-8,13-14,16H,9-12H2,1-2H3,(H2,26,30)(H,27,29). The van der Waals surface area contributed by atoms with E-state index in [1.54, 1.807) is 47.4 Å². The van der Waals surface area contributed by atoms with Crippen LogP contribution in [0.2, 0.25) is 5.02 Å². The molecule has 0 atom stereocenters. The van der Waals surface area contributed by atoms with Gasteiger partial charge in [-0.3, -0.25) is 14.4 Å². The Morgan fingerprint density at radius 3 is 2.45 bits per heavy atom. The van der Waals surface area contributed by atoms with Gasteiger partial charge in [0.15, 0.2) is 11.5 Å². The molecule has 3 amide bonds. The Kier molecular flexibility index (Phi) is 7.95. The number of ether oxygens (including phenoxy) is 2. The van der Waals surface area contributed by atoms with Crippen LogP contribution in [-0.4, -0.2) is 49.9 Å². The minimum atomic E-state index is -0.409. The molecule has 1 heterocycles. The number of nitrogens with zero attached hydrogens (tertiary/aromatic N) is 1. The highest BCUT2D eigenvalue weighted by Gasteiger charge is 2.27. The number of amides is 3. The first-order valence-electron chi connectivity index (χ1n) is 10.4. The van der Waals surface area contributed by atoms with Crippen molar-refractivity contribution in [3.8, 4) is 11.5 Å². The number of primary amides is 1. The van der Waals surface area contributed by atoms with Gasteiger partial charge in [0, 0.05) is 25.1 Å². The molecule has 0 aliphatic carbocycles. The first-order chi connectivity index (χ1) is 15.8. The summed E-state index contributed by atoms with van der Waals surface area (Å²) in [5.41, 5.74) is 6.80. The number of benzene rings is 2. The molecule has 0 unspecified atom stereocenters. The number of carbonyl (C=O) groups is 3. The summed E-state index contributed by atoms with van der Waals surface area (Å²) in [6, 6.07) is 10.2. The fraction of sp³-hybridized carbons (Fsp3) is 0.292. The Morgan fingerprint density at radius 1 is 1.12 bits per heavy atom. The highest BCUT2D eigenvalue weighted by molar-refractivity contribution is 6.32. The third-order valence-corrected chi connectivity index (χ3v) is 5.76. The van der Waals surface area contributed by atoms with Gasteiger partial charge in [0.25, 0.3) is 5.91 Å². The molecule has 1 aliphatic heterocycles. The molecule has 1 saturated heterocycles. The molecule has 0 bridgehead atoms. The average Bonchev–Trinajstić information content (AvgIpc) is 2.82. The number of anilines is 1. The van der Waals surface area contributed by atoms with Crippen LogP contribution in [0, 0.1) is 5.92 Å².